The molecule has 1 amide bonds. The quantitative estimate of drug-likeness (QED) is 0.120. The van der Waals surface area contributed by atoms with Crippen molar-refractivity contribution in [2.75, 3.05) is 53.5 Å². The van der Waals surface area contributed by atoms with Crippen LogP contribution < -0.4 is 5.48 Å². The van der Waals surface area contributed by atoms with Crippen LogP contribution in [0.2, 0.25) is 0 Å². The standard InChI is InChI=1S/C32H35N5O5/c1-21-19-24(10-12-25(21)30(38)35-42-18-17-37-15-13-36(2)14-16-37)33-29(22-7-5-4-6-8-22)28-26-11-9-23(32(40)41-3)20-27(26)34-31(28)39/h4-12,19-20,34,39H,13-18H2,1-3H3,(H,35,38). The highest BCUT2D eigenvalue weighted by atomic mass is 16.7. The molecule has 218 valence electrons. The van der Waals surface area contributed by atoms with Gasteiger partial charge in [-0.2, -0.15) is 0 Å². The number of benzene rings is 3. The molecule has 0 atom stereocenters. The summed E-state index contributed by atoms with van der Waals surface area (Å²) in [6.07, 6.45) is 0. The number of aromatic amines is 1. The van der Waals surface area contributed by atoms with E-state index in [1.54, 1.807) is 30.3 Å². The smallest absolute Gasteiger partial charge is 0.337 e. The molecule has 4 aromatic rings. The molecular weight excluding hydrogens is 534 g/mol. The van der Waals surface area contributed by atoms with Gasteiger partial charge in [0, 0.05) is 54.8 Å². The number of nitrogens with zero attached hydrogens (tertiary/aromatic N) is 3. The van der Waals surface area contributed by atoms with E-state index < -0.39 is 5.97 Å². The predicted molar refractivity (Wildman–Crippen MR) is 162 cm³/mol. The van der Waals surface area contributed by atoms with Crippen LogP contribution in [0.25, 0.3) is 10.9 Å². The van der Waals surface area contributed by atoms with Gasteiger partial charge in [-0.25, -0.2) is 15.3 Å². The number of rotatable bonds is 9. The van der Waals surface area contributed by atoms with Crippen molar-refractivity contribution in [3.63, 3.8) is 0 Å². The zero-order chi connectivity index (χ0) is 29.6. The molecule has 42 heavy (non-hydrogen) atoms. The van der Waals surface area contributed by atoms with Crippen LogP contribution in [0.4, 0.5) is 5.69 Å². The van der Waals surface area contributed by atoms with Crippen molar-refractivity contribution in [1.29, 1.82) is 0 Å². The van der Waals surface area contributed by atoms with Crippen molar-refractivity contribution in [3.05, 3.63) is 94.5 Å². The third-order valence-corrected chi connectivity index (χ3v) is 7.45. The number of aryl methyl sites for hydroxylation is 1. The number of piperazine rings is 1. The summed E-state index contributed by atoms with van der Waals surface area (Å²) in [5.74, 6) is -0.860. The minimum Gasteiger partial charge on any atom is -0.494 e. The lowest BCUT2D eigenvalue weighted by Gasteiger charge is -2.32. The van der Waals surface area contributed by atoms with Crippen molar-refractivity contribution in [2.45, 2.75) is 6.92 Å². The first-order valence-electron chi connectivity index (χ1n) is 13.8. The summed E-state index contributed by atoms with van der Waals surface area (Å²) in [6.45, 7) is 7.05. The van der Waals surface area contributed by atoms with Crippen molar-refractivity contribution >= 4 is 34.2 Å². The molecule has 1 aliphatic rings. The number of aromatic nitrogens is 1. The van der Waals surface area contributed by atoms with E-state index in [1.807, 2.05) is 43.3 Å². The number of hydroxylamine groups is 1. The lowest BCUT2D eigenvalue weighted by Crippen LogP contribution is -2.45. The minimum absolute atomic E-state index is 0.0731. The van der Waals surface area contributed by atoms with Crippen LogP contribution in [0.1, 0.15) is 37.4 Å². The van der Waals surface area contributed by atoms with E-state index in [4.69, 9.17) is 14.6 Å². The van der Waals surface area contributed by atoms with Gasteiger partial charge in [-0.1, -0.05) is 36.4 Å². The molecule has 2 heterocycles. The lowest BCUT2D eigenvalue weighted by molar-refractivity contribution is 0.0177. The minimum atomic E-state index is -0.468. The molecule has 0 radical (unpaired) electrons. The highest BCUT2D eigenvalue weighted by Gasteiger charge is 2.20. The lowest BCUT2D eigenvalue weighted by atomic mass is 10.00. The summed E-state index contributed by atoms with van der Waals surface area (Å²) < 4.78 is 4.83. The van der Waals surface area contributed by atoms with Gasteiger partial charge in [0.05, 0.1) is 36.2 Å². The van der Waals surface area contributed by atoms with Crippen molar-refractivity contribution in [2.24, 2.45) is 4.99 Å². The van der Waals surface area contributed by atoms with Gasteiger partial charge < -0.3 is 19.7 Å². The number of H-pyrrole nitrogens is 1. The van der Waals surface area contributed by atoms with Crippen molar-refractivity contribution < 1.29 is 24.3 Å². The van der Waals surface area contributed by atoms with Gasteiger partial charge in [0.1, 0.15) is 0 Å². The van der Waals surface area contributed by atoms with Gasteiger partial charge in [0.25, 0.3) is 5.91 Å². The number of methoxy groups -OCH3 is 1. The Hall–Kier alpha value is -4.51. The summed E-state index contributed by atoms with van der Waals surface area (Å²) >= 11 is 0. The molecule has 1 aromatic heterocycles. The molecule has 10 nitrogen and oxygen atoms in total. The largest absolute Gasteiger partial charge is 0.494 e. The molecule has 0 unspecified atom stereocenters. The maximum absolute atomic E-state index is 12.8. The highest BCUT2D eigenvalue weighted by Crippen LogP contribution is 2.32. The van der Waals surface area contributed by atoms with Crippen LogP contribution in [0.15, 0.2) is 71.7 Å². The fraction of sp³-hybridized carbons (Fsp3) is 0.281. The summed E-state index contributed by atoms with van der Waals surface area (Å²) in [5.41, 5.74) is 7.15. The first kappa shape index (κ1) is 29.0. The van der Waals surface area contributed by atoms with E-state index in [2.05, 4.69) is 27.3 Å². The average Bonchev–Trinajstić information content (AvgIpc) is 3.33. The van der Waals surface area contributed by atoms with Crippen LogP contribution in [-0.4, -0.2) is 91.0 Å². The summed E-state index contributed by atoms with van der Waals surface area (Å²) in [4.78, 5) is 42.8. The van der Waals surface area contributed by atoms with E-state index >= 15 is 0 Å². The Kier molecular flexibility index (Phi) is 8.97. The summed E-state index contributed by atoms with van der Waals surface area (Å²) in [7, 11) is 3.44. The number of nitrogens with one attached hydrogen (secondary N) is 2. The van der Waals surface area contributed by atoms with Crippen LogP contribution in [0.5, 0.6) is 5.88 Å². The number of carbonyl (C=O) groups is 2. The third kappa shape index (κ3) is 6.52. The summed E-state index contributed by atoms with van der Waals surface area (Å²) in [6, 6.07) is 19.9. The Bertz CT molecular complexity index is 1610. The zero-order valence-electron chi connectivity index (χ0n) is 24.0. The normalized spacial score (nSPS) is 14.7. The van der Waals surface area contributed by atoms with Gasteiger partial charge in [0.15, 0.2) is 5.88 Å². The Morgan fingerprint density at radius 3 is 2.48 bits per heavy atom. The van der Waals surface area contributed by atoms with Gasteiger partial charge in [-0.3, -0.25) is 14.5 Å². The number of hydrogen-bond acceptors (Lipinski definition) is 8. The number of aromatic hydroxyl groups is 1. The number of likely N-dealkylation sites (N-methyl/N-ethyl adjacent to an activating group) is 1. The Morgan fingerprint density at radius 1 is 1.00 bits per heavy atom. The van der Waals surface area contributed by atoms with E-state index in [0.717, 1.165) is 43.9 Å². The first-order chi connectivity index (χ1) is 20.3. The topological polar surface area (TPSA) is 119 Å². The molecule has 3 aromatic carbocycles. The van der Waals surface area contributed by atoms with Crippen LogP contribution in [-0.2, 0) is 9.57 Å². The molecule has 1 aliphatic heterocycles. The Morgan fingerprint density at radius 2 is 1.76 bits per heavy atom. The molecule has 3 N–H and O–H groups in total. The van der Waals surface area contributed by atoms with Gasteiger partial charge in [-0.05, 0) is 49.9 Å². The SMILES string of the molecule is COC(=O)c1ccc2c(C(=Nc3ccc(C(=O)NOCCN4CCN(C)CC4)c(C)c3)c3ccccc3)c(O)[nH]c2c1. The predicted octanol–water partition coefficient (Wildman–Crippen LogP) is 4.05. The maximum atomic E-state index is 12.8. The molecule has 0 aliphatic carbocycles. The molecule has 1 saturated heterocycles. The fourth-order valence-electron chi connectivity index (χ4n) is 5.05. The highest BCUT2D eigenvalue weighted by molar-refractivity contribution is 6.22. The Labute approximate surface area is 244 Å². The molecular formula is C32H35N5O5. The molecule has 0 spiro atoms. The number of ether oxygens (including phenoxy) is 1. The van der Waals surface area contributed by atoms with E-state index in [1.165, 1.54) is 7.11 Å². The Balaban J connectivity index is 1.37. The third-order valence-electron chi connectivity index (χ3n) is 7.45. The van der Waals surface area contributed by atoms with Gasteiger partial charge in [0.2, 0.25) is 0 Å². The number of carbonyl (C=O) groups excluding carboxylic acids is 2. The molecule has 0 bridgehead atoms. The van der Waals surface area contributed by atoms with E-state index in [0.29, 0.717) is 45.6 Å². The first-order valence-corrected chi connectivity index (χ1v) is 13.8. The summed E-state index contributed by atoms with van der Waals surface area (Å²) in [5, 5.41) is 11.7. The second-order valence-electron chi connectivity index (χ2n) is 10.4. The number of esters is 1. The second kappa shape index (κ2) is 13.0. The maximum Gasteiger partial charge on any atom is 0.337 e. The van der Waals surface area contributed by atoms with Gasteiger partial charge >= 0.3 is 5.97 Å². The van der Waals surface area contributed by atoms with Crippen LogP contribution in [0, 0.1) is 6.92 Å². The zero-order valence-corrected chi connectivity index (χ0v) is 24.0. The fourth-order valence-corrected chi connectivity index (χ4v) is 5.05. The number of aliphatic imine (C=N–C) groups is 1. The second-order valence-corrected chi connectivity index (χ2v) is 10.4. The van der Waals surface area contributed by atoms with Crippen molar-refractivity contribution in [3.8, 4) is 5.88 Å². The molecule has 5 rings (SSSR count). The monoisotopic (exact) mass is 569 g/mol. The number of fused-ring (bicyclic) bond motifs is 1. The number of amides is 1. The van der Waals surface area contributed by atoms with Crippen LogP contribution in [0.3, 0.4) is 0 Å². The average molecular weight is 570 g/mol. The van der Waals surface area contributed by atoms with Crippen LogP contribution >= 0.6 is 0 Å². The van der Waals surface area contributed by atoms with Gasteiger partial charge in [-0.15, -0.1) is 0 Å². The number of hydrogen-bond donors (Lipinski definition) is 3. The van der Waals surface area contributed by atoms with Crippen molar-refractivity contribution in [1.82, 2.24) is 20.3 Å². The molecule has 10 heteroatoms. The molecule has 0 saturated carbocycles. The van der Waals surface area contributed by atoms with E-state index in [9.17, 15) is 14.7 Å². The molecule has 1 fully saturated rings. The van der Waals surface area contributed by atoms with E-state index in [-0.39, 0.29) is 11.8 Å².